The predicted octanol–water partition coefficient (Wildman–Crippen LogP) is 0.0511. The largest absolute Gasteiger partial charge is 0.479 e. The van der Waals surface area contributed by atoms with Gasteiger partial charge in [-0.05, 0) is 6.42 Å². The van der Waals surface area contributed by atoms with Gasteiger partial charge in [0.05, 0.1) is 12.0 Å². The number of aliphatic carboxylic acids is 1. The quantitative estimate of drug-likeness (QED) is 0.340. The summed E-state index contributed by atoms with van der Waals surface area (Å²) in [5, 5.41) is 38.1. The van der Waals surface area contributed by atoms with E-state index in [0.29, 0.717) is 0 Å². The van der Waals surface area contributed by atoms with E-state index >= 15 is 0 Å². The average molecular weight is 370 g/mol. The first-order valence-electron chi connectivity index (χ1n) is 6.79. The summed E-state index contributed by atoms with van der Waals surface area (Å²) in [6.07, 6.45) is -6.65. The summed E-state index contributed by atoms with van der Waals surface area (Å²) in [6.45, 7) is 0. The van der Waals surface area contributed by atoms with Crippen molar-refractivity contribution in [2.75, 3.05) is 0 Å². The minimum Gasteiger partial charge on any atom is -0.479 e. The second-order valence-corrected chi connectivity index (χ2v) is 5.65. The number of aliphatic hydroxyl groups excluding tert-OH is 2. The summed E-state index contributed by atoms with van der Waals surface area (Å²) in [5.74, 6) is -17.5. The molecular weight excluding hydrogens is 359 g/mol. The van der Waals surface area contributed by atoms with Crippen molar-refractivity contribution in [2.45, 2.75) is 30.7 Å². The van der Waals surface area contributed by atoms with Gasteiger partial charge < -0.3 is 20.4 Å². The molecule has 0 radical (unpaired) electrons. The zero-order chi connectivity index (χ0) is 19.3. The normalized spacial score (nSPS) is 29.8. The van der Waals surface area contributed by atoms with Gasteiger partial charge in [0.25, 0.3) is 0 Å². The van der Waals surface area contributed by atoms with Crippen molar-refractivity contribution in [3.8, 4) is 0 Å². The first-order valence-corrected chi connectivity index (χ1v) is 6.79. The number of carboxylic acid groups (broad SMARTS) is 1. The van der Waals surface area contributed by atoms with Gasteiger partial charge in [0.2, 0.25) is 5.82 Å². The van der Waals surface area contributed by atoms with Crippen molar-refractivity contribution in [3.63, 3.8) is 0 Å². The molecule has 3 unspecified atom stereocenters. The third-order valence-corrected chi connectivity index (χ3v) is 4.18. The van der Waals surface area contributed by atoms with Gasteiger partial charge in [-0.2, -0.15) is 0 Å². The van der Waals surface area contributed by atoms with Crippen LogP contribution in [0, 0.1) is 35.0 Å². The lowest BCUT2D eigenvalue weighted by molar-refractivity contribution is -0.187. The lowest BCUT2D eigenvalue weighted by Gasteiger charge is -2.39. The Kier molecular flexibility index (Phi) is 4.86. The molecule has 1 aromatic rings. The third kappa shape index (κ3) is 2.87. The van der Waals surface area contributed by atoms with Crippen LogP contribution in [0.2, 0.25) is 0 Å². The molecule has 0 spiro atoms. The summed E-state index contributed by atoms with van der Waals surface area (Å²) in [4.78, 5) is 23.2. The molecule has 0 bridgehead atoms. The fourth-order valence-corrected chi connectivity index (χ4v) is 2.74. The highest BCUT2D eigenvalue weighted by Gasteiger charge is 2.56. The second-order valence-electron chi connectivity index (χ2n) is 5.65. The lowest BCUT2D eigenvalue weighted by atomic mass is 9.69. The highest BCUT2D eigenvalue weighted by atomic mass is 19.2. The fourth-order valence-electron chi connectivity index (χ4n) is 2.74. The van der Waals surface area contributed by atoms with Crippen LogP contribution >= 0.6 is 0 Å². The highest BCUT2D eigenvalue weighted by Crippen LogP contribution is 2.36. The van der Waals surface area contributed by atoms with Gasteiger partial charge in [-0.15, -0.1) is 0 Å². The first kappa shape index (κ1) is 19.2. The Hall–Kier alpha value is -2.11. The molecule has 1 saturated carbocycles. The molecule has 0 heterocycles. The van der Waals surface area contributed by atoms with Gasteiger partial charge in [-0.1, -0.05) is 0 Å². The van der Waals surface area contributed by atoms with Crippen LogP contribution in [-0.2, 0) is 16.0 Å². The van der Waals surface area contributed by atoms with Crippen LogP contribution in [-0.4, -0.2) is 50.0 Å². The van der Waals surface area contributed by atoms with E-state index in [1.54, 1.807) is 0 Å². The van der Waals surface area contributed by atoms with Crippen LogP contribution in [0.25, 0.3) is 0 Å². The molecule has 1 fully saturated rings. The van der Waals surface area contributed by atoms with Crippen molar-refractivity contribution in [2.24, 2.45) is 5.92 Å². The Balaban J connectivity index is 2.57. The van der Waals surface area contributed by atoms with E-state index in [2.05, 4.69) is 0 Å². The van der Waals surface area contributed by atoms with E-state index in [4.69, 9.17) is 5.11 Å². The Morgan fingerprint density at radius 2 is 1.44 bits per heavy atom. The molecule has 4 N–H and O–H groups in total. The molecule has 0 aliphatic heterocycles. The minimum atomic E-state index is -3.07. The maximum absolute atomic E-state index is 13.7. The molecule has 1 aromatic carbocycles. The smallest absolute Gasteiger partial charge is 0.336 e. The van der Waals surface area contributed by atoms with Crippen molar-refractivity contribution in [3.05, 3.63) is 34.6 Å². The highest BCUT2D eigenvalue weighted by molar-refractivity contribution is 5.94. The Labute approximate surface area is 136 Å². The molecule has 1 aliphatic carbocycles. The first-order chi connectivity index (χ1) is 11.4. The Bertz CT molecular complexity index is 725. The number of carbonyl (C=O) groups is 2. The van der Waals surface area contributed by atoms with Gasteiger partial charge in [0.15, 0.2) is 34.7 Å². The lowest BCUT2D eigenvalue weighted by Crippen LogP contribution is -2.61. The summed E-state index contributed by atoms with van der Waals surface area (Å²) < 4.78 is 67.0. The second kappa shape index (κ2) is 6.32. The number of rotatable bonds is 3. The topological polar surface area (TPSA) is 115 Å². The number of aliphatic hydroxyl groups is 3. The maximum Gasteiger partial charge on any atom is 0.336 e. The fraction of sp³-hybridized carbons (Fsp3) is 0.429. The number of hydrogen-bond donors (Lipinski definition) is 4. The number of carboxylic acids is 1. The molecule has 1 aliphatic rings. The zero-order valence-electron chi connectivity index (χ0n) is 12.1. The molecule has 25 heavy (non-hydrogen) atoms. The van der Waals surface area contributed by atoms with Gasteiger partial charge in [0.1, 0.15) is 6.10 Å². The van der Waals surface area contributed by atoms with E-state index in [1.807, 2.05) is 0 Å². The molecule has 0 aromatic heterocycles. The van der Waals surface area contributed by atoms with E-state index in [0.717, 1.165) is 0 Å². The van der Waals surface area contributed by atoms with E-state index in [9.17, 15) is 46.9 Å². The Morgan fingerprint density at radius 1 is 1.00 bits per heavy atom. The minimum absolute atomic E-state index is 1.09. The van der Waals surface area contributed by atoms with Crippen LogP contribution in [0.15, 0.2) is 0 Å². The number of halogens is 5. The molecule has 138 valence electrons. The SMILES string of the molecule is O=C1C(Cc2c(F)c(F)c(F)c(F)c2F)C(O)(C(=O)O)CC(O)[C@@H]1O. The van der Waals surface area contributed by atoms with Crippen molar-refractivity contribution < 1.29 is 52.0 Å². The zero-order valence-corrected chi connectivity index (χ0v) is 12.1. The summed E-state index contributed by atoms with van der Waals surface area (Å²) in [7, 11) is 0. The molecule has 11 heteroatoms. The number of carbonyl (C=O) groups excluding carboxylic acids is 1. The molecule has 0 amide bonds. The van der Waals surface area contributed by atoms with Crippen LogP contribution in [0.1, 0.15) is 12.0 Å². The molecule has 4 atom stereocenters. The van der Waals surface area contributed by atoms with Crippen molar-refractivity contribution >= 4 is 11.8 Å². The Morgan fingerprint density at radius 3 is 1.88 bits per heavy atom. The third-order valence-electron chi connectivity index (χ3n) is 4.18. The van der Waals surface area contributed by atoms with Crippen LogP contribution in [0.4, 0.5) is 22.0 Å². The van der Waals surface area contributed by atoms with Crippen LogP contribution in [0.3, 0.4) is 0 Å². The standard InChI is InChI=1S/C14H11F5O6/c15-6-3(7(16)9(18)10(19)8(6)17)1-4-11(21)12(22)5(20)2-14(4,25)13(23)24/h4-5,12,20,22,25H,1-2H2,(H,23,24)/t4?,5?,12-,14?/m0/s1. The number of ketones is 1. The van der Waals surface area contributed by atoms with E-state index in [-0.39, 0.29) is 0 Å². The summed E-state index contributed by atoms with van der Waals surface area (Å²) in [6, 6.07) is 0. The van der Waals surface area contributed by atoms with Crippen LogP contribution in [0.5, 0.6) is 0 Å². The van der Waals surface area contributed by atoms with E-state index in [1.165, 1.54) is 0 Å². The van der Waals surface area contributed by atoms with Crippen molar-refractivity contribution in [1.82, 2.24) is 0 Å². The number of benzene rings is 1. The van der Waals surface area contributed by atoms with Crippen molar-refractivity contribution in [1.29, 1.82) is 0 Å². The maximum atomic E-state index is 13.7. The number of Topliss-reactive ketones (excluding diaryl/α,β-unsaturated/α-hetero) is 1. The van der Waals surface area contributed by atoms with E-state index < -0.39 is 83.0 Å². The monoisotopic (exact) mass is 370 g/mol. The van der Waals surface area contributed by atoms with Crippen LogP contribution < -0.4 is 0 Å². The predicted molar refractivity (Wildman–Crippen MR) is 67.6 cm³/mol. The van der Waals surface area contributed by atoms with Gasteiger partial charge in [-0.3, -0.25) is 4.79 Å². The average Bonchev–Trinajstić information content (AvgIpc) is 2.55. The number of hydrogen-bond acceptors (Lipinski definition) is 5. The van der Waals surface area contributed by atoms with Gasteiger partial charge in [-0.25, -0.2) is 26.7 Å². The molecular formula is C14H11F5O6. The molecule has 2 rings (SSSR count). The molecule has 0 saturated heterocycles. The summed E-state index contributed by atoms with van der Waals surface area (Å²) in [5.41, 5.74) is -4.59. The summed E-state index contributed by atoms with van der Waals surface area (Å²) >= 11 is 0. The van der Waals surface area contributed by atoms with Gasteiger partial charge in [0, 0.05) is 12.0 Å². The molecule has 6 nitrogen and oxygen atoms in total. The van der Waals surface area contributed by atoms with Gasteiger partial charge >= 0.3 is 5.97 Å².